The molecule has 2 bridgehead atoms. The van der Waals surface area contributed by atoms with E-state index in [1.807, 2.05) is 0 Å². The molecule has 2 aliphatic carbocycles. The summed E-state index contributed by atoms with van der Waals surface area (Å²) >= 11 is 0. The predicted octanol–water partition coefficient (Wildman–Crippen LogP) is 4.19. The van der Waals surface area contributed by atoms with E-state index in [1.54, 1.807) is 7.05 Å². The highest BCUT2D eigenvalue weighted by molar-refractivity contribution is 5.24. The molecule has 0 aromatic heterocycles. The highest BCUT2D eigenvalue weighted by Gasteiger charge is 2.40. The van der Waals surface area contributed by atoms with Crippen LogP contribution < -0.4 is 5.32 Å². The highest BCUT2D eigenvalue weighted by atomic mass is 19.1. The molecule has 4 atom stereocenters. The molecule has 110 valence electrons. The topological polar surface area (TPSA) is 12.0 Å². The maximum absolute atomic E-state index is 13.9. The fourth-order valence-electron chi connectivity index (χ4n) is 4.23. The molecule has 0 aliphatic heterocycles. The van der Waals surface area contributed by atoms with E-state index in [4.69, 9.17) is 0 Å². The van der Waals surface area contributed by atoms with Crippen molar-refractivity contribution >= 4 is 0 Å². The van der Waals surface area contributed by atoms with E-state index in [2.05, 4.69) is 5.32 Å². The normalized spacial score (nSPS) is 29.9. The van der Waals surface area contributed by atoms with Crippen molar-refractivity contribution in [1.82, 2.24) is 5.32 Å². The molecule has 0 heterocycles. The molecular weight excluding hydrogens is 263 g/mol. The molecule has 1 aromatic rings. The van der Waals surface area contributed by atoms with E-state index in [9.17, 15) is 13.2 Å². The van der Waals surface area contributed by atoms with E-state index in [1.165, 1.54) is 25.7 Å². The lowest BCUT2D eigenvalue weighted by Gasteiger charge is -2.27. The second kappa shape index (κ2) is 5.40. The summed E-state index contributed by atoms with van der Waals surface area (Å²) in [6.45, 7) is 0. The van der Waals surface area contributed by atoms with Crippen molar-refractivity contribution in [3.8, 4) is 0 Å². The van der Waals surface area contributed by atoms with Gasteiger partial charge in [-0.2, -0.15) is 0 Å². The van der Waals surface area contributed by atoms with Gasteiger partial charge in [0.1, 0.15) is 17.5 Å². The molecule has 4 unspecified atom stereocenters. The Hall–Kier alpha value is -1.03. The zero-order valence-electron chi connectivity index (χ0n) is 11.6. The molecule has 1 nitrogen and oxygen atoms in total. The van der Waals surface area contributed by atoms with Crippen LogP contribution in [0.1, 0.15) is 43.7 Å². The summed E-state index contributed by atoms with van der Waals surface area (Å²) in [5, 5.41) is 3.00. The SMILES string of the molecule is CNC(CC1CC2CCC1C2)c1c(F)cc(F)cc1F. The molecule has 0 spiro atoms. The van der Waals surface area contributed by atoms with Crippen LogP contribution in [-0.2, 0) is 0 Å². The Morgan fingerprint density at radius 1 is 1.15 bits per heavy atom. The molecule has 3 rings (SSSR count). The summed E-state index contributed by atoms with van der Waals surface area (Å²) in [4.78, 5) is 0. The summed E-state index contributed by atoms with van der Waals surface area (Å²) < 4.78 is 40.8. The standard InChI is InChI=1S/C16H20F3N/c1-20-15(6-11-5-9-2-3-10(11)4-9)16-13(18)7-12(17)8-14(16)19/h7-11,15,20H,2-6H2,1H3. The van der Waals surface area contributed by atoms with E-state index >= 15 is 0 Å². The molecule has 1 N–H and O–H groups in total. The first-order chi connectivity index (χ1) is 9.58. The van der Waals surface area contributed by atoms with Gasteiger partial charge in [0.05, 0.1) is 0 Å². The third kappa shape index (κ3) is 2.46. The Morgan fingerprint density at radius 3 is 2.35 bits per heavy atom. The number of fused-ring (bicyclic) bond motifs is 2. The molecule has 0 saturated heterocycles. The fourth-order valence-corrected chi connectivity index (χ4v) is 4.23. The summed E-state index contributed by atoms with van der Waals surface area (Å²) in [6, 6.07) is 1.16. The molecule has 1 aromatic carbocycles. The van der Waals surface area contributed by atoms with Crippen LogP contribution in [0.25, 0.3) is 0 Å². The second-order valence-electron chi connectivity index (χ2n) is 6.30. The summed E-state index contributed by atoms with van der Waals surface area (Å²) in [5.74, 6) is -0.378. The average Bonchev–Trinajstić information content (AvgIpc) is 2.98. The lowest BCUT2D eigenvalue weighted by Crippen LogP contribution is -2.24. The molecule has 20 heavy (non-hydrogen) atoms. The van der Waals surface area contributed by atoms with Crippen LogP contribution in [0.2, 0.25) is 0 Å². The van der Waals surface area contributed by atoms with Gasteiger partial charge in [-0.15, -0.1) is 0 Å². The third-order valence-corrected chi connectivity index (χ3v) is 5.16. The van der Waals surface area contributed by atoms with E-state index in [-0.39, 0.29) is 11.6 Å². The Morgan fingerprint density at radius 2 is 1.85 bits per heavy atom. The summed E-state index contributed by atoms with van der Waals surface area (Å²) in [5.41, 5.74) is -0.0170. The lowest BCUT2D eigenvalue weighted by molar-refractivity contribution is 0.278. The van der Waals surface area contributed by atoms with Crippen molar-refractivity contribution in [3.05, 3.63) is 35.1 Å². The minimum Gasteiger partial charge on any atom is -0.313 e. The molecule has 2 fully saturated rings. The van der Waals surface area contributed by atoms with Crippen molar-refractivity contribution in [2.24, 2.45) is 17.8 Å². The number of benzene rings is 1. The van der Waals surface area contributed by atoms with Gasteiger partial charge in [0.15, 0.2) is 0 Å². The van der Waals surface area contributed by atoms with Gasteiger partial charge in [0, 0.05) is 23.7 Å². The van der Waals surface area contributed by atoms with Crippen molar-refractivity contribution in [2.75, 3.05) is 7.05 Å². The maximum Gasteiger partial charge on any atom is 0.133 e. The van der Waals surface area contributed by atoms with Gasteiger partial charge < -0.3 is 5.32 Å². The zero-order chi connectivity index (χ0) is 14.3. The van der Waals surface area contributed by atoms with Crippen LogP contribution in [0.3, 0.4) is 0 Å². The van der Waals surface area contributed by atoms with Crippen molar-refractivity contribution in [1.29, 1.82) is 0 Å². The molecular formula is C16H20F3N. The van der Waals surface area contributed by atoms with Crippen LogP contribution in [0.5, 0.6) is 0 Å². The van der Waals surface area contributed by atoms with Crippen LogP contribution in [0.15, 0.2) is 12.1 Å². The Balaban J connectivity index is 1.80. The minimum atomic E-state index is -0.862. The van der Waals surface area contributed by atoms with Gasteiger partial charge in [-0.25, -0.2) is 13.2 Å². The number of hydrogen-bond acceptors (Lipinski definition) is 1. The van der Waals surface area contributed by atoms with Crippen LogP contribution >= 0.6 is 0 Å². The van der Waals surface area contributed by atoms with Gasteiger partial charge in [0.2, 0.25) is 0 Å². The van der Waals surface area contributed by atoms with Crippen molar-refractivity contribution < 1.29 is 13.2 Å². The van der Waals surface area contributed by atoms with Crippen molar-refractivity contribution in [2.45, 2.75) is 38.1 Å². The van der Waals surface area contributed by atoms with Crippen LogP contribution in [0, 0.1) is 35.2 Å². The van der Waals surface area contributed by atoms with Gasteiger partial charge in [0.25, 0.3) is 0 Å². The Kier molecular flexibility index (Phi) is 3.76. The molecule has 0 radical (unpaired) electrons. The van der Waals surface area contributed by atoms with Gasteiger partial charge >= 0.3 is 0 Å². The van der Waals surface area contributed by atoms with Crippen LogP contribution in [-0.4, -0.2) is 7.05 Å². The number of rotatable bonds is 4. The molecule has 2 saturated carbocycles. The first-order valence-corrected chi connectivity index (χ1v) is 7.40. The smallest absolute Gasteiger partial charge is 0.133 e. The lowest BCUT2D eigenvalue weighted by atomic mass is 9.82. The fraction of sp³-hybridized carbons (Fsp3) is 0.625. The third-order valence-electron chi connectivity index (χ3n) is 5.16. The second-order valence-corrected chi connectivity index (χ2v) is 6.30. The molecule has 4 heteroatoms. The number of halogens is 3. The number of nitrogens with one attached hydrogen (secondary N) is 1. The zero-order valence-corrected chi connectivity index (χ0v) is 11.6. The van der Waals surface area contributed by atoms with E-state index < -0.39 is 17.5 Å². The Labute approximate surface area is 117 Å². The van der Waals surface area contributed by atoms with Gasteiger partial charge in [-0.1, -0.05) is 6.42 Å². The van der Waals surface area contributed by atoms with E-state index in [0.717, 1.165) is 24.5 Å². The summed E-state index contributed by atoms with van der Waals surface area (Å²) in [7, 11) is 1.71. The van der Waals surface area contributed by atoms with E-state index in [0.29, 0.717) is 11.8 Å². The first kappa shape index (κ1) is 13.9. The van der Waals surface area contributed by atoms with Crippen LogP contribution in [0.4, 0.5) is 13.2 Å². The molecule has 2 aliphatic rings. The monoisotopic (exact) mass is 283 g/mol. The highest BCUT2D eigenvalue weighted by Crippen LogP contribution is 2.51. The predicted molar refractivity (Wildman–Crippen MR) is 71.7 cm³/mol. The first-order valence-electron chi connectivity index (χ1n) is 7.40. The number of hydrogen-bond donors (Lipinski definition) is 1. The molecule has 0 amide bonds. The largest absolute Gasteiger partial charge is 0.313 e. The summed E-state index contributed by atoms with van der Waals surface area (Å²) in [6.07, 6.45) is 5.74. The Bertz CT molecular complexity index is 479. The van der Waals surface area contributed by atoms with Gasteiger partial charge in [-0.05, 0) is 50.5 Å². The minimum absolute atomic E-state index is 0.0170. The van der Waals surface area contributed by atoms with Gasteiger partial charge in [-0.3, -0.25) is 0 Å². The average molecular weight is 283 g/mol. The quantitative estimate of drug-likeness (QED) is 0.873. The maximum atomic E-state index is 13.9. The van der Waals surface area contributed by atoms with Crippen molar-refractivity contribution in [3.63, 3.8) is 0 Å².